The molecule has 0 radical (unpaired) electrons. The average molecular weight is 179 g/mol. The highest BCUT2D eigenvalue weighted by Gasteiger charge is 2.27. The van der Waals surface area contributed by atoms with Crippen molar-refractivity contribution in [3.8, 4) is 0 Å². The van der Waals surface area contributed by atoms with Crippen molar-refractivity contribution in [2.75, 3.05) is 6.61 Å². The standard InChI is InChI=1S/C6H13NO5/c7-5(3(10)1-8)6(12)4(11)2-9/h1,3-6,9-12H,2,7H2/t3-,4-,5+,6-/m1/s1. The van der Waals surface area contributed by atoms with Gasteiger partial charge in [-0.15, -0.1) is 0 Å². The zero-order chi connectivity index (χ0) is 9.72. The Morgan fingerprint density at radius 1 is 1.33 bits per heavy atom. The lowest BCUT2D eigenvalue weighted by molar-refractivity contribution is -0.119. The number of rotatable bonds is 5. The van der Waals surface area contributed by atoms with E-state index < -0.39 is 31.0 Å². The molecule has 0 saturated heterocycles. The summed E-state index contributed by atoms with van der Waals surface area (Å²) in [5.41, 5.74) is 5.15. The van der Waals surface area contributed by atoms with Crippen LogP contribution in [0.5, 0.6) is 0 Å². The van der Waals surface area contributed by atoms with E-state index >= 15 is 0 Å². The molecule has 0 aromatic rings. The molecular formula is C6H13NO5. The van der Waals surface area contributed by atoms with Gasteiger partial charge in [0.1, 0.15) is 24.6 Å². The summed E-state index contributed by atoms with van der Waals surface area (Å²) in [5, 5.41) is 35.0. The van der Waals surface area contributed by atoms with Crippen LogP contribution in [0.1, 0.15) is 0 Å². The summed E-state index contributed by atoms with van der Waals surface area (Å²) < 4.78 is 0. The Kier molecular flexibility index (Phi) is 4.95. The van der Waals surface area contributed by atoms with Crippen molar-refractivity contribution >= 4 is 6.29 Å². The van der Waals surface area contributed by atoms with E-state index in [-0.39, 0.29) is 6.29 Å². The first-order valence-corrected chi connectivity index (χ1v) is 3.40. The lowest BCUT2D eigenvalue weighted by atomic mass is 10.0. The van der Waals surface area contributed by atoms with Crippen LogP contribution in [0.15, 0.2) is 0 Å². The largest absolute Gasteiger partial charge is 0.394 e. The molecule has 12 heavy (non-hydrogen) atoms. The molecule has 0 spiro atoms. The molecule has 0 rings (SSSR count). The van der Waals surface area contributed by atoms with E-state index in [9.17, 15) is 4.79 Å². The van der Waals surface area contributed by atoms with E-state index in [0.29, 0.717) is 0 Å². The third-order valence-corrected chi connectivity index (χ3v) is 1.51. The number of carbonyl (C=O) groups is 1. The number of hydrogen-bond acceptors (Lipinski definition) is 6. The van der Waals surface area contributed by atoms with Crippen LogP contribution in [0.3, 0.4) is 0 Å². The zero-order valence-electron chi connectivity index (χ0n) is 6.37. The Morgan fingerprint density at radius 2 is 1.83 bits per heavy atom. The molecule has 72 valence electrons. The van der Waals surface area contributed by atoms with Crippen LogP contribution in [0.4, 0.5) is 0 Å². The highest BCUT2D eigenvalue weighted by atomic mass is 16.4. The minimum Gasteiger partial charge on any atom is -0.394 e. The first kappa shape index (κ1) is 11.5. The molecule has 0 amide bonds. The number of aldehydes is 1. The lowest BCUT2D eigenvalue weighted by Crippen LogP contribution is -2.51. The van der Waals surface area contributed by atoms with Gasteiger partial charge in [-0.1, -0.05) is 0 Å². The predicted octanol–water partition coefficient (Wildman–Crippen LogP) is -3.41. The molecule has 0 aromatic heterocycles. The molecule has 0 aliphatic rings. The highest BCUT2D eigenvalue weighted by Crippen LogP contribution is 2.00. The Morgan fingerprint density at radius 3 is 2.17 bits per heavy atom. The van der Waals surface area contributed by atoms with Crippen molar-refractivity contribution in [2.45, 2.75) is 24.4 Å². The molecular weight excluding hydrogens is 166 g/mol. The summed E-state index contributed by atoms with van der Waals surface area (Å²) >= 11 is 0. The van der Waals surface area contributed by atoms with Gasteiger partial charge in [-0.2, -0.15) is 0 Å². The van der Waals surface area contributed by atoms with Crippen molar-refractivity contribution in [1.82, 2.24) is 0 Å². The number of aliphatic hydroxyl groups is 4. The van der Waals surface area contributed by atoms with Crippen molar-refractivity contribution in [2.24, 2.45) is 5.73 Å². The summed E-state index contributed by atoms with van der Waals surface area (Å²) in [5.74, 6) is 0. The quantitative estimate of drug-likeness (QED) is 0.280. The van der Waals surface area contributed by atoms with Gasteiger partial charge in [0.15, 0.2) is 0 Å². The van der Waals surface area contributed by atoms with E-state index in [2.05, 4.69) is 0 Å². The second-order valence-corrected chi connectivity index (χ2v) is 2.44. The van der Waals surface area contributed by atoms with Gasteiger partial charge in [0.05, 0.1) is 12.6 Å². The maximum Gasteiger partial charge on any atom is 0.150 e. The van der Waals surface area contributed by atoms with Gasteiger partial charge in [0, 0.05) is 0 Å². The fraction of sp³-hybridized carbons (Fsp3) is 0.833. The first-order valence-electron chi connectivity index (χ1n) is 3.40. The smallest absolute Gasteiger partial charge is 0.150 e. The molecule has 0 unspecified atom stereocenters. The normalized spacial score (nSPS) is 21.1. The molecule has 0 bridgehead atoms. The maximum atomic E-state index is 9.98. The van der Waals surface area contributed by atoms with Gasteiger partial charge in [-0.3, -0.25) is 0 Å². The zero-order valence-corrected chi connectivity index (χ0v) is 6.37. The summed E-state index contributed by atoms with van der Waals surface area (Å²) in [6, 6.07) is -1.29. The van der Waals surface area contributed by atoms with Crippen LogP contribution >= 0.6 is 0 Å². The summed E-state index contributed by atoms with van der Waals surface area (Å²) in [6.07, 6.45) is -4.36. The van der Waals surface area contributed by atoms with Crippen LogP contribution in [-0.2, 0) is 4.79 Å². The Labute approximate surface area is 69.2 Å². The summed E-state index contributed by atoms with van der Waals surface area (Å²) in [7, 11) is 0. The molecule has 6 nitrogen and oxygen atoms in total. The minimum atomic E-state index is -1.54. The molecule has 6 N–H and O–H groups in total. The van der Waals surface area contributed by atoms with Crippen LogP contribution in [0, 0.1) is 0 Å². The maximum absolute atomic E-state index is 9.98. The van der Waals surface area contributed by atoms with E-state index in [1.807, 2.05) is 0 Å². The Bertz CT molecular complexity index is 142. The molecule has 4 atom stereocenters. The molecule has 0 fully saturated rings. The number of hydrogen-bond donors (Lipinski definition) is 5. The summed E-state index contributed by atoms with van der Waals surface area (Å²) in [6.45, 7) is -0.680. The van der Waals surface area contributed by atoms with Gasteiger partial charge in [0.25, 0.3) is 0 Å². The van der Waals surface area contributed by atoms with E-state index in [0.717, 1.165) is 0 Å². The van der Waals surface area contributed by atoms with Gasteiger partial charge in [-0.05, 0) is 0 Å². The lowest BCUT2D eigenvalue weighted by Gasteiger charge is -2.23. The molecule has 0 saturated carbocycles. The van der Waals surface area contributed by atoms with Gasteiger partial charge in [0.2, 0.25) is 0 Å². The number of carbonyl (C=O) groups excluding carboxylic acids is 1. The second-order valence-electron chi connectivity index (χ2n) is 2.44. The van der Waals surface area contributed by atoms with E-state index in [4.69, 9.17) is 26.2 Å². The Balaban J connectivity index is 4.07. The average Bonchev–Trinajstić information content (AvgIpc) is 2.12. The minimum absolute atomic E-state index is 0.151. The van der Waals surface area contributed by atoms with Crippen LogP contribution < -0.4 is 5.73 Å². The first-order chi connectivity index (χ1) is 5.54. The predicted molar refractivity (Wildman–Crippen MR) is 39.1 cm³/mol. The topological polar surface area (TPSA) is 124 Å². The number of nitrogens with two attached hydrogens (primary N) is 1. The van der Waals surface area contributed by atoms with E-state index in [1.54, 1.807) is 0 Å². The van der Waals surface area contributed by atoms with Crippen LogP contribution in [0.25, 0.3) is 0 Å². The third kappa shape index (κ3) is 2.84. The molecule has 0 aliphatic heterocycles. The second kappa shape index (κ2) is 5.18. The Hall–Kier alpha value is -0.530. The monoisotopic (exact) mass is 179 g/mol. The van der Waals surface area contributed by atoms with Crippen molar-refractivity contribution in [3.05, 3.63) is 0 Å². The van der Waals surface area contributed by atoms with Gasteiger partial charge in [-0.25, -0.2) is 0 Å². The van der Waals surface area contributed by atoms with Crippen molar-refractivity contribution in [1.29, 1.82) is 0 Å². The molecule has 0 aromatic carbocycles. The molecule has 6 heteroatoms. The molecule has 0 heterocycles. The van der Waals surface area contributed by atoms with Gasteiger partial charge >= 0.3 is 0 Å². The highest BCUT2D eigenvalue weighted by molar-refractivity contribution is 5.57. The van der Waals surface area contributed by atoms with Crippen molar-refractivity contribution < 1.29 is 25.2 Å². The number of aliphatic hydroxyl groups excluding tert-OH is 4. The SMILES string of the molecule is N[C@H]([C@H](O)[C@H](O)CO)[C@H](O)C=O. The van der Waals surface area contributed by atoms with E-state index in [1.165, 1.54) is 0 Å². The van der Waals surface area contributed by atoms with Crippen molar-refractivity contribution in [3.63, 3.8) is 0 Å². The van der Waals surface area contributed by atoms with Crippen LogP contribution in [-0.4, -0.2) is 57.7 Å². The fourth-order valence-corrected chi connectivity index (χ4v) is 0.657. The fourth-order valence-electron chi connectivity index (χ4n) is 0.657. The summed E-state index contributed by atoms with van der Waals surface area (Å²) in [4.78, 5) is 9.98. The molecule has 0 aliphatic carbocycles. The third-order valence-electron chi connectivity index (χ3n) is 1.51. The van der Waals surface area contributed by atoms with Gasteiger partial charge < -0.3 is 31.0 Å². The van der Waals surface area contributed by atoms with Crippen LogP contribution in [0.2, 0.25) is 0 Å².